The van der Waals surface area contributed by atoms with Crippen LogP contribution >= 0.6 is 0 Å². The molecular weight excluding hydrogens is 182 g/mol. The number of benzene rings is 1. The molecule has 1 fully saturated rings. The Balaban J connectivity index is 2.16. The second-order valence-corrected chi connectivity index (χ2v) is 3.29. The van der Waals surface area contributed by atoms with Crippen molar-refractivity contribution in [3.05, 3.63) is 41.1 Å². The van der Waals surface area contributed by atoms with E-state index in [0.717, 1.165) is 5.56 Å². The van der Waals surface area contributed by atoms with E-state index < -0.39 is 5.97 Å². The summed E-state index contributed by atoms with van der Waals surface area (Å²) < 4.78 is 4.86. The molecule has 2 rings (SSSR count). The van der Waals surface area contributed by atoms with Gasteiger partial charge in [0.05, 0.1) is 0 Å². The zero-order valence-electron chi connectivity index (χ0n) is 7.60. The molecule has 0 aromatic heterocycles. The zero-order valence-corrected chi connectivity index (χ0v) is 7.60. The van der Waals surface area contributed by atoms with Crippen LogP contribution in [0, 0.1) is 5.21 Å². The van der Waals surface area contributed by atoms with E-state index >= 15 is 0 Å². The van der Waals surface area contributed by atoms with Gasteiger partial charge in [0, 0.05) is 5.56 Å². The van der Waals surface area contributed by atoms with Crippen molar-refractivity contribution >= 4 is 5.97 Å². The lowest BCUT2D eigenvalue weighted by atomic mass is 10.1. The number of hydrogen-bond acceptors (Lipinski definition) is 3. The Hall–Kier alpha value is -1.39. The van der Waals surface area contributed by atoms with Crippen LogP contribution in [0.3, 0.4) is 0 Å². The molecule has 1 aromatic carbocycles. The number of carbonyl (C=O) groups excluding carboxylic acids is 1. The van der Waals surface area contributed by atoms with Gasteiger partial charge in [0.25, 0.3) is 0 Å². The van der Waals surface area contributed by atoms with Gasteiger partial charge in [-0.25, -0.2) is 4.79 Å². The Labute approximate surface area is 81.7 Å². The molecule has 1 N–H and O–H groups in total. The third-order valence-electron chi connectivity index (χ3n) is 2.32. The number of quaternary nitrogens is 1. The molecule has 1 unspecified atom stereocenters. The topological polar surface area (TPSA) is 53.8 Å². The molecule has 1 saturated heterocycles. The number of cyclic esters (lactones) is 1. The fraction of sp³-hybridized carbons (Fsp3) is 0.300. The highest BCUT2D eigenvalue weighted by molar-refractivity contribution is 5.70. The SMILES string of the molecule is O=C1C[NH+]([O-])[C@H](c2ccccc2)CO1. The Morgan fingerprint density at radius 3 is 2.71 bits per heavy atom. The van der Waals surface area contributed by atoms with Gasteiger partial charge in [0.2, 0.25) is 0 Å². The van der Waals surface area contributed by atoms with Crippen LogP contribution in [-0.4, -0.2) is 19.1 Å². The van der Waals surface area contributed by atoms with Crippen LogP contribution in [0.25, 0.3) is 0 Å². The lowest BCUT2D eigenvalue weighted by Gasteiger charge is -2.34. The smallest absolute Gasteiger partial charge is 0.362 e. The van der Waals surface area contributed by atoms with Gasteiger partial charge in [0.1, 0.15) is 12.6 Å². The summed E-state index contributed by atoms with van der Waals surface area (Å²) in [5, 5.41) is 11.5. The number of rotatable bonds is 1. The molecule has 1 aliphatic rings. The van der Waals surface area contributed by atoms with Crippen LogP contribution < -0.4 is 5.06 Å². The lowest BCUT2D eigenvalue weighted by molar-refractivity contribution is -0.880. The predicted molar refractivity (Wildman–Crippen MR) is 49.3 cm³/mol. The van der Waals surface area contributed by atoms with E-state index in [1.54, 1.807) is 0 Å². The summed E-state index contributed by atoms with van der Waals surface area (Å²) in [6.45, 7) is 0.0846. The number of carbonyl (C=O) groups is 1. The van der Waals surface area contributed by atoms with Gasteiger partial charge in [-0.05, 0) is 0 Å². The van der Waals surface area contributed by atoms with Gasteiger partial charge < -0.3 is 15.0 Å². The first-order valence-corrected chi connectivity index (χ1v) is 4.50. The molecule has 0 spiro atoms. The van der Waals surface area contributed by atoms with Crippen molar-refractivity contribution < 1.29 is 14.6 Å². The third kappa shape index (κ3) is 1.76. The monoisotopic (exact) mass is 193 g/mol. The average molecular weight is 193 g/mol. The van der Waals surface area contributed by atoms with Gasteiger partial charge in [-0.2, -0.15) is 0 Å². The maximum absolute atomic E-state index is 11.5. The zero-order chi connectivity index (χ0) is 9.97. The van der Waals surface area contributed by atoms with Crippen LogP contribution in [0.2, 0.25) is 0 Å². The van der Waals surface area contributed by atoms with Crippen LogP contribution in [0.1, 0.15) is 11.6 Å². The first kappa shape index (κ1) is 9.18. The van der Waals surface area contributed by atoms with Gasteiger partial charge in [-0.15, -0.1) is 0 Å². The number of ether oxygens (including phenoxy) is 1. The van der Waals surface area contributed by atoms with Crippen molar-refractivity contribution in [1.82, 2.24) is 0 Å². The summed E-state index contributed by atoms with van der Waals surface area (Å²) in [4.78, 5) is 10.8. The first-order chi connectivity index (χ1) is 6.77. The molecule has 0 saturated carbocycles. The molecular formula is C10H11NO3. The highest BCUT2D eigenvalue weighted by Gasteiger charge is 2.27. The minimum atomic E-state index is -0.415. The van der Waals surface area contributed by atoms with E-state index in [-0.39, 0.29) is 24.3 Å². The van der Waals surface area contributed by atoms with Crippen LogP contribution in [0.4, 0.5) is 0 Å². The summed E-state index contributed by atoms with van der Waals surface area (Å²) in [5.41, 5.74) is 0.921. The first-order valence-electron chi connectivity index (χ1n) is 4.50. The molecule has 0 amide bonds. The van der Waals surface area contributed by atoms with Crippen molar-refractivity contribution in [1.29, 1.82) is 0 Å². The summed E-state index contributed by atoms with van der Waals surface area (Å²) in [6, 6.07) is 9.12. The van der Waals surface area contributed by atoms with E-state index in [4.69, 9.17) is 4.74 Å². The van der Waals surface area contributed by atoms with Crippen molar-refractivity contribution in [2.24, 2.45) is 0 Å². The molecule has 4 nitrogen and oxygen atoms in total. The number of hydrogen-bond donors (Lipinski definition) is 1. The maximum Gasteiger partial charge on any atom is 0.362 e. The standard InChI is InChI=1S/C10H11NO3/c12-10-6-11(13)9(7-14-10)8-4-2-1-3-5-8/h1-5,9,11H,6-7H2/t9-/m0/s1. The van der Waals surface area contributed by atoms with Crippen molar-refractivity contribution in [3.8, 4) is 0 Å². The second-order valence-electron chi connectivity index (χ2n) is 3.29. The van der Waals surface area contributed by atoms with Crippen molar-refractivity contribution in [2.75, 3.05) is 13.2 Å². The number of hydroxylamine groups is 2. The molecule has 0 aliphatic carbocycles. The number of morpholine rings is 1. The quantitative estimate of drug-likeness (QED) is 0.490. The molecule has 74 valence electrons. The van der Waals surface area contributed by atoms with Gasteiger partial charge in [0.15, 0.2) is 6.54 Å². The molecule has 1 aliphatic heterocycles. The number of nitrogens with one attached hydrogen (secondary N) is 1. The van der Waals surface area contributed by atoms with E-state index in [0.29, 0.717) is 0 Å². The fourth-order valence-corrected chi connectivity index (χ4v) is 1.55. The van der Waals surface area contributed by atoms with Gasteiger partial charge >= 0.3 is 5.97 Å². The number of esters is 1. The van der Waals surface area contributed by atoms with E-state index in [2.05, 4.69) is 0 Å². The predicted octanol–water partition coefficient (Wildman–Crippen LogP) is -0.333. The molecule has 0 radical (unpaired) electrons. The molecule has 1 heterocycles. The van der Waals surface area contributed by atoms with E-state index in [1.165, 1.54) is 0 Å². The summed E-state index contributed by atoms with van der Waals surface area (Å²) in [7, 11) is 0. The van der Waals surface area contributed by atoms with Crippen LogP contribution in [-0.2, 0) is 9.53 Å². The minimum Gasteiger partial charge on any atom is -0.633 e. The average Bonchev–Trinajstić information content (AvgIpc) is 2.19. The molecule has 0 bridgehead atoms. The molecule has 14 heavy (non-hydrogen) atoms. The highest BCUT2D eigenvalue weighted by Crippen LogP contribution is 2.11. The van der Waals surface area contributed by atoms with E-state index in [9.17, 15) is 10.0 Å². The van der Waals surface area contributed by atoms with Gasteiger partial charge in [-0.1, -0.05) is 30.3 Å². The third-order valence-corrected chi connectivity index (χ3v) is 2.32. The maximum atomic E-state index is 11.5. The molecule has 4 heteroatoms. The molecule has 1 aromatic rings. The van der Waals surface area contributed by atoms with Crippen molar-refractivity contribution in [2.45, 2.75) is 6.04 Å². The van der Waals surface area contributed by atoms with Crippen LogP contribution in [0.5, 0.6) is 0 Å². The van der Waals surface area contributed by atoms with Crippen LogP contribution in [0.15, 0.2) is 30.3 Å². The van der Waals surface area contributed by atoms with Crippen molar-refractivity contribution in [3.63, 3.8) is 0 Å². The lowest BCUT2D eigenvalue weighted by Crippen LogP contribution is -3.10. The molecule has 2 atom stereocenters. The fourth-order valence-electron chi connectivity index (χ4n) is 1.55. The largest absolute Gasteiger partial charge is 0.633 e. The Bertz CT molecular complexity index is 325. The minimum absolute atomic E-state index is 0.0487. The Morgan fingerprint density at radius 2 is 2.07 bits per heavy atom. The summed E-state index contributed by atoms with van der Waals surface area (Å²) in [6.07, 6.45) is 0. The highest BCUT2D eigenvalue weighted by atomic mass is 16.6. The van der Waals surface area contributed by atoms with E-state index in [1.807, 2.05) is 30.3 Å². The second kappa shape index (κ2) is 3.77. The Morgan fingerprint density at radius 1 is 1.36 bits per heavy atom. The summed E-state index contributed by atoms with van der Waals surface area (Å²) in [5.74, 6) is -0.415. The Kier molecular flexibility index (Phi) is 2.47. The van der Waals surface area contributed by atoms with Gasteiger partial charge in [-0.3, -0.25) is 0 Å². The normalized spacial score (nSPS) is 27.1. The summed E-state index contributed by atoms with van der Waals surface area (Å²) >= 11 is 0.